The Balaban J connectivity index is 1.92. The number of anilines is 1. The van der Waals surface area contributed by atoms with Gasteiger partial charge in [0.05, 0.1) is 4.92 Å². The van der Waals surface area contributed by atoms with Crippen LogP contribution in [0.4, 0.5) is 11.4 Å². The monoisotopic (exact) mass is 370 g/mol. The Kier molecular flexibility index (Phi) is 7.01. The number of nitro benzene ring substituents is 1. The van der Waals surface area contributed by atoms with E-state index in [9.17, 15) is 19.7 Å². The average Bonchev–Trinajstić information content (AvgIpc) is 2.66. The Morgan fingerprint density at radius 1 is 1.15 bits per heavy atom. The SMILES string of the molecule is CNC(=O)[C@@H](NCCC(=O)Nc1ccc([N+](=O)[O-])cc1C)c1ccccc1. The van der Waals surface area contributed by atoms with Gasteiger partial charge in [-0.25, -0.2) is 0 Å². The number of non-ortho nitro benzene ring substituents is 1. The normalized spacial score (nSPS) is 11.5. The topological polar surface area (TPSA) is 113 Å². The molecule has 8 heteroatoms. The number of aryl methyl sites for hydroxylation is 1. The average molecular weight is 370 g/mol. The number of nitro groups is 1. The second-order valence-electron chi connectivity index (χ2n) is 5.97. The Hall–Kier alpha value is -3.26. The van der Waals surface area contributed by atoms with Crippen molar-refractivity contribution in [3.8, 4) is 0 Å². The van der Waals surface area contributed by atoms with Gasteiger partial charge in [-0.15, -0.1) is 0 Å². The van der Waals surface area contributed by atoms with Crippen LogP contribution in [0.25, 0.3) is 0 Å². The molecular formula is C19H22N4O4. The molecule has 2 aromatic carbocycles. The second kappa shape index (κ2) is 9.44. The minimum Gasteiger partial charge on any atom is -0.358 e. The van der Waals surface area contributed by atoms with Crippen molar-refractivity contribution in [3.63, 3.8) is 0 Å². The summed E-state index contributed by atoms with van der Waals surface area (Å²) in [5, 5.41) is 19.2. The molecule has 8 nitrogen and oxygen atoms in total. The van der Waals surface area contributed by atoms with Crippen molar-refractivity contribution in [2.24, 2.45) is 0 Å². The van der Waals surface area contributed by atoms with E-state index in [1.165, 1.54) is 18.2 Å². The summed E-state index contributed by atoms with van der Waals surface area (Å²) in [6.45, 7) is 1.99. The third-order valence-electron chi connectivity index (χ3n) is 4.04. The van der Waals surface area contributed by atoms with E-state index in [1.807, 2.05) is 30.3 Å². The van der Waals surface area contributed by atoms with Gasteiger partial charge in [-0.2, -0.15) is 0 Å². The molecule has 0 aliphatic rings. The number of hydrogen-bond acceptors (Lipinski definition) is 5. The van der Waals surface area contributed by atoms with E-state index in [-0.39, 0.29) is 23.9 Å². The molecule has 0 aliphatic heterocycles. The van der Waals surface area contributed by atoms with Gasteiger partial charge in [-0.3, -0.25) is 19.7 Å². The van der Waals surface area contributed by atoms with E-state index in [2.05, 4.69) is 16.0 Å². The van der Waals surface area contributed by atoms with Gasteiger partial charge in [-0.05, 0) is 24.1 Å². The number of nitrogens with zero attached hydrogens (tertiary/aromatic N) is 1. The highest BCUT2D eigenvalue weighted by molar-refractivity contribution is 5.91. The molecule has 2 aromatic rings. The van der Waals surface area contributed by atoms with Crippen LogP contribution in [0.15, 0.2) is 48.5 Å². The van der Waals surface area contributed by atoms with Crippen LogP contribution in [-0.4, -0.2) is 30.3 Å². The first-order valence-electron chi connectivity index (χ1n) is 8.47. The molecule has 0 saturated carbocycles. The number of carbonyl (C=O) groups is 2. The van der Waals surface area contributed by atoms with Crippen molar-refractivity contribution in [1.82, 2.24) is 10.6 Å². The number of hydrogen-bond donors (Lipinski definition) is 3. The largest absolute Gasteiger partial charge is 0.358 e. The predicted octanol–water partition coefficient (Wildman–Crippen LogP) is 2.31. The molecule has 142 valence electrons. The van der Waals surface area contributed by atoms with Crippen LogP contribution in [0.5, 0.6) is 0 Å². The fraction of sp³-hybridized carbons (Fsp3) is 0.263. The summed E-state index contributed by atoms with van der Waals surface area (Å²) in [5.74, 6) is -0.434. The first-order chi connectivity index (χ1) is 12.9. The van der Waals surface area contributed by atoms with Gasteiger partial charge in [0.1, 0.15) is 6.04 Å². The van der Waals surface area contributed by atoms with Gasteiger partial charge < -0.3 is 16.0 Å². The molecule has 2 amide bonds. The fourth-order valence-electron chi connectivity index (χ4n) is 2.60. The molecule has 0 aromatic heterocycles. The van der Waals surface area contributed by atoms with E-state index in [1.54, 1.807) is 14.0 Å². The molecule has 0 bridgehead atoms. The highest BCUT2D eigenvalue weighted by atomic mass is 16.6. The van der Waals surface area contributed by atoms with Crippen molar-refractivity contribution in [1.29, 1.82) is 0 Å². The van der Waals surface area contributed by atoms with Crippen LogP contribution in [0, 0.1) is 17.0 Å². The molecule has 27 heavy (non-hydrogen) atoms. The maximum atomic E-state index is 12.2. The summed E-state index contributed by atoms with van der Waals surface area (Å²) < 4.78 is 0. The van der Waals surface area contributed by atoms with Crippen molar-refractivity contribution in [2.75, 3.05) is 18.9 Å². The van der Waals surface area contributed by atoms with E-state index < -0.39 is 11.0 Å². The first-order valence-corrected chi connectivity index (χ1v) is 8.47. The summed E-state index contributed by atoms with van der Waals surface area (Å²) in [6, 6.07) is 12.9. The zero-order chi connectivity index (χ0) is 19.8. The molecule has 0 aliphatic carbocycles. The zero-order valence-corrected chi connectivity index (χ0v) is 15.2. The molecule has 0 heterocycles. The number of nitrogens with one attached hydrogen (secondary N) is 3. The van der Waals surface area contributed by atoms with Gasteiger partial charge in [0.2, 0.25) is 11.8 Å². The quantitative estimate of drug-likeness (QED) is 0.487. The third kappa shape index (κ3) is 5.61. The smallest absolute Gasteiger partial charge is 0.269 e. The Morgan fingerprint density at radius 3 is 2.44 bits per heavy atom. The number of amides is 2. The first kappa shape index (κ1) is 20.1. The van der Waals surface area contributed by atoms with Crippen molar-refractivity contribution < 1.29 is 14.5 Å². The summed E-state index contributed by atoms with van der Waals surface area (Å²) in [5.41, 5.74) is 1.92. The molecular weight excluding hydrogens is 348 g/mol. The lowest BCUT2D eigenvalue weighted by molar-refractivity contribution is -0.384. The highest BCUT2D eigenvalue weighted by Gasteiger charge is 2.19. The number of benzene rings is 2. The van der Waals surface area contributed by atoms with Gasteiger partial charge >= 0.3 is 0 Å². The van der Waals surface area contributed by atoms with Crippen LogP contribution < -0.4 is 16.0 Å². The highest BCUT2D eigenvalue weighted by Crippen LogP contribution is 2.21. The lowest BCUT2D eigenvalue weighted by atomic mass is 10.1. The lowest BCUT2D eigenvalue weighted by Gasteiger charge is -2.17. The minimum atomic E-state index is -0.551. The van der Waals surface area contributed by atoms with E-state index in [4.69, 9.17) is 0 Å². The molecule has 0 fully saturated rings. The number of rotatable bonds is 8. The van der Waals surface area contributed by atoms with E-state index >= 15 is 0 Å². The maximum absolute atomic E-state index is 12.2. The summed E-state index contributed by atoms with van der Waals surface area (Å²) in [6.07, 6.45) is 0.150. The van der Waals surface area contributed by atoms with Crippen molar-refractivity contribution in [3.05, 3.63) is 69.8 Å². The van der Waals surface area contributed by atoms with Crippen LogP contribution in [-0.2, 0) is 9.59 Å². The van der Waals surface area contributed by atoms with Crippen molar-refractivity contribution in [2.45, 2.75) is 19.4 Å². The van der Waals surface area contributed by atoms with E-state index in [0.717, 1.165) is 5.56 Å². The van der Waals surface area contributed by atoms with Crippen LogP contribution in [0.2, 0.25) is 0 Å². The maximum Gasteiger partial charge on any atom is 0.269 e. The standard InChI is InChI=1S/C19H22N4O4/c1-13-12-15(23(26)27)8-9-16(13)22-17(24)10-11-21-18(19(25)20-2)14-6-4-3-5-7-14/h3-9,12,18,21H,10-11H2,1-2H3,(H,20,25)(H,22,24)/t18-/m0/s1. The predicted molar refractivity (Wildman–Crippen MR) is 102 cm³/mol. The summed E-state index contributed by atoms with van der Waals surface area (Å²) in [7, 11) is 1.56. The molecule has 0 unspecified atom stereocenters. The minimum absolute atomic E-state index is 0.0246. The molecule has 0 spiro atoms. The van der Waals surface area contributed by atoms with Crippen LogP contribution >= 0.6 is 0 Å². The van der Waals surface area contributed by atoms with Gasteiger partial charge in [-0.1, -0.05) is 30.3 Å². The van der Waals surface area contributed by atoms with Gasteiger partial charge in [0, 0.05) is 37.8 Å². The van der Waals surface area contributed by atoms with Gasteiger partial charge in [0.15, 0.2) is 0 Å². The molecule has 0 radical (unpaired) electrons. The lowest BCUT2D eigenvalue weighted by Crippen LogP contribution is -2.37. The second-order valence-corrected chi connectivity index (χ2v) is 5.97. The Labute approximate surface area is 157 Å². The van der Waals surface area contributed by atoms with Gasteiger partial charge in [0.25, 0.3) is 5.69 Å². The molecule has 2 rings (SSSR count). The summed E-state index contributed by atoms with van der Waals surface area (Å²) >= 11 is 0. The molecule has 0 saturated heterocycles. The number of likely N-dealkylation sites (N-methyl/N-ethyl adjacent to an activating group) is 1. The van der Waals surface area contributed by atoms with Crippen LogP contribution in [0.1, 0.15) is 23.6 Å². The fourth-order valence-corrected chi connectivity index (χ4v) is 2.60. The third-order valence-corrected chi connectivity index (χ3v) is 4.04. The zero-order valence-electron chi connectivity index (χ0n) is 15.2. The van der Waals surface area contributed by atoms with Crippen LogP contribution in [0.3, 0.4) is 0 Å². The Bertz CT molecular complexity index is 824. The summed E-state index contributed by atoms with van der Waals surface area (Å²) in [4.78, 5) is 34.5. The van der Waals surface area contributed by atoms with Crippen molar-refractivity contribution >= 4 is 23.2 Å². The molecule has 3 N–H and O–H groups in total. The number of carbonyl (C=O) groups excluding carboxylic acids is 2. The molecule has 1 atom stereocenters. The Morgan fingerprint density at radius 2 is 1.85 bits per heavy atom. The van der Waals surface area contributed by atoms with E-state index in [0.29, 0.717) is 17.8 Å².